The van der Waals surface area contributed by atoms with Gasteiger partial charge in [-0.25, -0.2) is 0 Å². The summed E-state index contributed by atoms with van der Waals surface area (Å²) in [4.78, 5) is 0. The quantitative estimate of drug-likeness (QED) is 0.554. The highest BCUT2D eigenvalue weighted by Gasteiger charge is 2.56. The van der Waals surface area contributed by atoms with Crippen LogP contribution < -0.4 is 10.4 Å². The van der Waals surface area contributed by atoms with Gasteiger partial charge in [0.15, 0.2) is 5.79 Å². The maximum absolute atomic E-state index is 7.32. The van der Waals surface area contributed by atoms with Crippen molar-refractivity contribution in [2.75, 3.05) is 0 Å². The molecule has 154 valence electrons. The maximum Gasteiger partial charge on any atom is 0.262 e. The highest BCUT2D eigenvalue weighted by molar-refractivity contribution is 6.99. The first-order valence-corrected chi connectivity index (χ1v) is 12.4. The van der Waals surface area contributed by atoms with E-state index in [9.17, 15) is 0 Å². The van der Waals surface area contributed by atoms with Crippen LogP contribution in [0.15, 0.2) is 72.3 Å². The summed E-state index contributed by atoms with van der Waals surface area (Å²) in [5.74, 6) is -0.584. The minimum atomic E-state index is -2.64. The molecule has 1 heterocycles. The molecule has 0 aromatic heterocycles. The van der Waals surface area contributed by atoms with Crippen molar-refractivity contribution in [3.05, 3.63) is 72.3 Å². The van der Waals surface area contributed by atoms with Crippen LogP contribution in [0.25, 0.3) is 0 Å². The molecule has 1 aliphatic carbocycles. The predicted octanol–water partition coefficient (Wildman–Crippen LogP) is 4.41. The van der Waals surface area contributed by atoms with Crippen molar-refractivity contribution in [3.63, 3.8) is 0 Å². The Hall–Kier alpha value is -1.72. The van der Waals surface area contributed by atoms with Crippen molar-refractivity contribution < 1.29 is 13.9 Å². The fourth-order valence-corrected chi connectivity index (χ4v) is 9.55. The molecule has 0 N–H and O–H groups in total. The van der Waals surface area contributed by atoms with Gasteiger partial charge in [-0.3, -0.25) is 0 Å². The standard InChI is InChI=1S/C25H32O3Si/c1-18-17-21-23(27-25(5,6)26-21)22(18)28-29(24(2,3)4,19-13-9-7-10-14-19)20-15-11-8-12-16-20/h7-17,21-23H,1-6H3/t21-,22+,23-/m1/s1. The second kappa shape index (κ2) is 7.20. The van der Waals surface area contributed by atoms with Gasteiger partial charge in [-0.1, -0.05) is 87.5 Å². The number of ether oxygens (including phenoxy) is 2. The molecule has 0 spiro atoms. The topological polar surface area (TPSA) is 27.7 Å². The Morgan fingerprint density at radius 2 is 1.38 bits per heavy atom. The Morgan fingerprint density at radius 3 is 1.86 bits per heavy atom. The van der Waals surface area contributed by atoms with Gasteiger partial charge in [-0.15, -0.1) is 0 Å². The molecule has 0 amide bonds. The predicted molar refractivity (Wildman–Crippen MR) is 120 cm³/mol. The van der Waals surface area contributed by atoms with Crippen molar-refractivity contribution in [3.8, 4) is 0 Å². The van der Waals surface area contributed by atoms with E-state index in [0.717, 1.165) is 0 Å². The fourth-order valence-electron chi connectivity index (χ4n) is 4.84. The molecule has 0 radical (unpaired) electrons. The van der Waals surface area contributed by atoms with Crippen LogP contribution in [0.4, 0.5) is 0 Å². The zero-order valence-electron chi connectivity index (χ0n) is 18.3. The Balaban J connectivity index is 1.85. The SMILES string of the molecule is CC1=C[C@H]2OC(C)(C)O[C@H]2[C@H]1O[Si](c1ccccc1)(c1ccccc1)C(C)(C)C. The van der Waals surface area contributed by atoms with Crippen molar-refractivity contribution in [1.82, 2.24) is 0 Å². The minimum absolute atomic E-state index is 0.0479. The van der Waals surface area contributed by atoms with Crippen LogP contribution in [0.1, 0.15) is 41.5 Å². The van der Waals surface area contributed by atoms with Gasteiger partial charge >= 0.3 is 0 Å². The molecule has 3 atom stereocenters. The summed E-state index contributed by atoms with van der Waals surface area (Å²) in [6, 6.07) is 21.5. The zero-order valence-corrected chi connectivity index (χ0v) is 19.3. The van der Waals surface area contributed by atoms with Gasteiger partial charge in [0.2, 0.25) is 0 Å². The van der Waals surface area contributed by atoms with Crippen LogP contribution in [0.3, 0.4) is 0 Å². The molecule has 2 aromatic carbocycles. The molecule has 0 unspecified atom stereocenters. The van der Waals surface area contributed by atoms with E-state index in [0.29, 0.717) is 0 Å². The molecule has 2 aliphatic rings. The van der Waals surface area contributed by atoms with E-state index in [1.807, 2.05) is 13.8 Å². The molecule has 2 aromatic rings. The van der Waals surface area contributed by atoms with Crippen LogP contribution in [0, 0.1) is 0 Å². The lowest BCUT2D eigenvalue weighted by molar-refractivity contribution is -0.151. The Bertz CT molecular complexity index is 844. The lowest BCUT2D eigenvalue weighted by Crippen LogP contribution is -2.68. The lowest BCUT2D eigenvalue weighted by atomic mass is 10.2. The van der Waals surface area contributed by atoms with Crippen molar-refractivity contribution in [1.29, 1.82) is 0 Å². The first-order valence-electron chi connectivity index (χ1n) is 10.5. The second-order valence-corrected chi connectivity index (χ2v) is 13.9. The molecular weight excluding hydrogens is 376 g/mol. The van der Waals surface area contributed by atoms with Gasteiger partial charge in [-0.2, -0.15) is 0 Å². The highest BCUT2D eigenvalue weighted by Crippen LogP contribution is 2.43. The zero-order chi connectivity index (χ0) is 20.9. The summed E-state index contributed by atoms with van der Waals surface area (Å²) in [6.07, 6.45) is 1.91. The van der Waals surface area contributed by atoms with Crippen LogP contribution in [-0.4, -0.2) is 32.4 Å². The van der Waals surface area contributed by atoms with Gasteiger partial charge in [0.1, 0.15) is 12.2 Å². The molecule has 1 fully saturated rings. The number of benzene rings is 2. The number of rotatable bonds is 4. The van der Waals surface area contributed by atoms with Gasteiger partial charge in [-0.05, 0) is 41.8 Å². The molecule has 1 saturated heterocycles. The normalized spacial score (nSPS) is 26.3. The number of hydrogen-bond donors (Lipinski definition) is 0. The molecule has 0 saturated carbocycles. The van der Waals surface area contributed by atoms with Crippen molar-refractivity contribution >= 4 is 18.7 Å². The summed E-state index contributed by atoms with van der Waals surface area (Å²) in [5, 5.41) is 2.50. The summed E-state index contributed by atoms with van der Waals surface area (Å²) in [7, 11) is -2.64. The molecule has 1 aliphatic heterocycles. The van der Waals surface area contributed by atoms with E-state index in [1.165, 1.54) is 15.9 Å². The average Bonchev–Trinajstić information content (AvgIpc) is 3.10. The Kier molecular flexibility index (Phi) is 5.10. The minimum Gasteiger partial charge on any atom is -0.398 e. The molecule has 3 nitrogen and oxygen atoms in total. The summed E-state index contributed by atoms with van der Waals surface area (Å²) < 4.78 is 19.8. The molecule has 4 rings (SSSR count). The third-order valence-electron chi connectivity index (χ3n) is 6.06. The first-order chi connectivity index (χ1) is 13.6. The lowest BCUT2D eigenvalue weighted by Gasteiger charge is -2.45. The van der Waals surface area contributed by atoms with Crippen molar-refractivity contribution in [2.24, 2.45) is 0 Å². The van der Waals surface area contributed by atoms with Gasteiger partial charge in [0.25, 0.3) is 8.32 Å². The third-order valence-corrected chi connectivity index (χ3v) is 11.1. The second-order valence-electron chi connectivity index (χ2n) is 9.68. The maximum atomic E-state index is 7.32. The van der Waals surface area contributed by atoms with E-state index in [-0.39, 0.29) is 23.4 Å². The van der Waals surface area contributed by atoms with Gasteiger partial charge in [0.05, 0.1) is 6.10 Å². The van der Waals surface area contributed by atoms with E-state index < -0.39 is 14.1 Å². The van der Waals surface area contributed by atoms with Crippen LogP contribution >= 0.6 is 0 Å². The summed E-state index contributed by atoms with van der Waals surface area (Å²) in [5.41, 5.74) is 1.20. The fraction of sp³-hybridized carbons (Fsp3) is 0.440. The van der Waals surface area contributed by atoms with Crippen molar-refractivity contribution in [2.45, 2.75) is 70.7 Å². The van der Waals surface area contributed by atoms with Crippen LogP contribution in [0.2, 0.25) is 5.04 Å². The Labute approximate surface area is 175 Å². The van der Waals surface area contributed by atoms with E-state index in [1.54, 1.807) is 0 Å². The van der Waals surface area contributed by atoms with Gasteiger partial charge in [0, 0.05) is 0 Å². The molecule has 4 heteroatoms. The van der Waals surface area contributed by atoms with E-state index in [2.05, 4.69) is 94.4 Å². The van der Waals surface area contributed by atoms with E-state index in [4.69, 9.17) is 13.9 Å². The van der Waals surface area contributed by atoms with Gasteiger partial charge < -0.3 is 13.9 Å². The molecule has 0 bridgehead atoms. The largest absolute Gasteiger partial charge is 0.398 e. The summed E-state index contributed by atoms with van der Waals surface area (Å²) >= 11 is 0. The molecular formula is C25H32O3Si. The third kappa shape index (κ3) is 3.53. The Morgan fingerprint density at radius 1 is 0.862 bits per heavy atom. The monoisotopic (exact) mass is 408 g/mol. The average molecular weight is 409 g/mol. The number of hydrogen-bond acceptors (Lipinski definition) is 3. The number of fused-ring (bicyclic) bond motifs is 1. The summed E-state index contributed by atoms with van der Waals surface area (Å²) in [6.45, 7) is 13.0. The molecule has 29 heavy (non-hydrogen) atoms. The van der Waals surface area contributed by atoms with E-state index >= 15 is 0 Å². The van der Waals surface area contributed by atoms with Crippen LogP contribution in [-0.2, 0) is 13.9 Å². The highest BCUT2D eigenvalue weighted by atomic mass is 28.4. The first kappa shape index (κ1) is 20.5. The van der Waals surface area contributed by atoms with Crippen LogP contribution in [0.5, 0.6) is 0 Å². The smallest absolute Gasteiger partial charge is 0.262 e.